The van der Waals surface area contributed by atoms with Gasteiger partial charge in [0.05, 0.1) is 6.61 Å². The molecule has 1 amide bonds. The predicted octanol–water partition coefficient (Wildman–Crippen LogP) is 2.57. The first-order valence-electron chi connectivity index (χ1n) is 7.07. The van der Waals surface area contributed by atoms with Crippen molar-refractivity contribution >= 4 is 23.2 Å². The molecule has 5 heteroatoms. The molecular formula is C15H21NO3S. The summed E-state index contributed by atoms with van der Waals surface area (Å²) >= 11 is 1.76. The molecule has 1 aromatic heterocycles. The molecule has 0 unspecified atom stereocenters. The minimum atomic E-state index is -0.327. The Balaban J connectivity index is 1.92. The largest absolute Gasteiger partial charge is 0.465 e. The summed E-state index contributed by atoms with van der Waals surface area (Å²) in [5.41, 5.74) is 0. The van der Waals surface area contributed by atoms with Crippen LogP contribution < -0.4 is 0 Å². The van der Waals surface area contributed by atoms with E-state index in [1.807, 2.05) is 6.92 Å². The highest BCUT2D eigenvalue weighted by molar-refractivity contribution is 7.12. The fourth-order valence-electron chi connectivity index (χ4n) is 2.38. The molecule has 2 rings (SSSR count). The molecule has 0 bridgehead atoms. The van der Waals surface area contributed by atoms with Crippen molar-refractivity contribution < 1.29 is 14.3 Å². The minimum Gasteiger partial charge on any atom is -0.465 e. The second-order valence-electron chi connectivity index (χ2n) is 5.05. The number of hydrogen-bond donors (Lipinski definition) is 0. The lowest BCUT2D eigenvalue weighted by atomic mass is 10.2. The van der Waals surface area contributed by atoms with E-state index in [4.69, 9.17) is 4.74 Å². The summed E-state index contributed by atoms with van der Waals surface area (Å²) in [6.45, 7) is 6.70. The van der Waals surface area contributed by atoms with Crippen LogP contribution in [0, 0.1) is 12.8 Å². The second kappa shape index (κ2) is 6.39. The number of nitrogens with zero attached hydrogens (tertiary/aromatic N) is 1. The van der Waals surface area contributed by atoms with E-state index < -0.39 is 0 Å². The summed E-state index contributed by atoms with van der Waals surface area (Å²) in [6, 6.07) is 4.20. The van der Waals surface area contributed by atoms with Gasteiger partial charge in [-0.15, -0.1) is 11.3 Å². The third-order valence-electron chi connectivity index (χ3n) is 3.55. The first-order chi connectivity index (χ1) is 9.56. The Morgan fingerprint density at radius 1 is 1.40 bits per heavy atom. The Labute approximate surface area is 123 Å². The second-order valence-corrected chi connectivity index (χ2v) is 6.37. The van der Waals surface area contributed by atoms with Crippen LogP contribution in [0.1, 0.15) is 35.9 Å². The third-order valence-corrected chi connectivity index (χ3v) is 4.69. The maximum Gasteiger partial charge on any atom is 0.325 e. The number of amides is 1. The van der Waals surface area contributed by atoms with Gasteiger partial charge in [0, 0.05) is 28.1 Å². The van der Waals surface area contributed by atoms with E-state index in [0.717, 1.165) is 6.42 Å². The van der Waals surface area contributed by atoms with Crippen LogP contribution in [0.4, 0.5) is 0 Å². The summed E-state index contributed by atoms with van der Waals surface area (Å²) in [7, 11) is 0. The lowest BCUT2D eigenvalue weighted by Crippen LogP contribution is -2.37. The van der Waals surface area contributed by atoms with Crippen molar-refractivity contribution in [3.05, 3.63) is 21.9 Å². The van der Waals surface area contributed by atoms with Crippen molar-refractivity contribution in [3.8, 4) is 0 Å². The summed E-state index contributed by atoms with van der Waals surface area (Å²) in [5.74, 6) is 0.142. The van der Waals surface area contributed by atoms with Crippen LogP contribution in [0.25, 0.3) is 0 Å². The van der Waals surface area contributed by atoms with E-state index in [9.17, 15) is 9.59 Å². The van der Waals surface area contributed by atoms with Gasteiger partial charge in [0.2, 0.25) is 5.91 Å². The zero-order chi connectivity index (χ0) is 14.7. The van der Waals surface area contributed by atoms with Crippen molar-refractivity contribution in [2.24, 2.45) is 5.92 Å². The number of carbonyl (C=O) groups excluding carboxylic acids is 2. The SMILES string of the molecule is CCOC(=O)CN(CC)C(=O)[C@H]1C[C@H]1c1ccc(C)s1. The van der Waals surface area contributed by atoms with Crippen LogP contribution in [0.3, 0.4) is 0 Å². The molecule has 0 aliphatic heterocycles. The van der Waals surface area contributed by atoms with Gasteiger partial charge in [-0.2, -0.15) is 0 Å². The number of esters is 1. The van der Waals surface area contributed by atoms with Crippen molar-refractivity contribution in [1.29, 1.82) is 0 Å². The normalized spacial score (nSPS) is 20.6. The summed E-state index contributed by atoms with van der Waals surface area (Å²) in [4.78, 5) is 28.1. The third kappa shape index (κ3) is 3.39. The van der Waals surface area contributed by atoms with Gasteiger partial charge in [-0.1, -0.05) is 0 Å². The van der Waals surface area contributed by atoms with Crippen molar-refractivity contribution in [2.45, 2.75) is 33.1 Å². The molecule has 0 aromatic carbocycles. The van der Waals surface area contributed by atoms with Crippen LogP contribution in [0.2, 0.25) is 0 Å². The Hall–Kier alpha value is -1.36. The Morgan fingerprint density at radius 2 is 2.15 bits per heavy atom. The quantitative estimate of drug-likeness (QED) is 0.758. The fraction of sp³-hybridized carbons (Fsp3) is 0.600. The Morgan fingerprint density at radius 3 is 2.70 bits per heavy atom. The molecule has 0 N–H and O–H groups in total. The zero-order valence-electron chi connectivity index (χ0n) is 12.2. The average molecular weight is 295 g/mol. The predicted molar refractivity (Wildman–Crippen MR) is 78.8 cm³/mol. The zero-order valence-corrected chi connectivity index (χ0v) is 13.0. The molecule has 1 heterocycles. The summed E-state index contributed by atoms with van der Waals surface area (Å²) in [6.07, 6.45) is 0.901. The lowest BCUT2D eigenvalue weighted by Gasteiger charge is -2.19. The minimum absolute atomic E-state index is 0.0439. The molecule has 1 saturated carbocycles. The standard InChI is InChI=1S/C15H21NO3S/c1-4-16(9-14(17)19-5-2)15(18)12-8-11(12)13-7-6-10(3)20-13/h6-7,11-12H,4-5,8-9H2,1-3H3/t11-,12+/m1/s1. The molecule has 1 fully saturated rings. The topological polar surface area (TPSA) is 46.6 Å². The number of carbonyl (C=O) groups is 2. The lowest BCUT2D eigenvalue weighted by molar-refractivity contribution is -0.149. The van der Waals surface area contributed by atoms with Crippen molar-refractivity contribution in [2.75, 3.05) is 19.7 Å². The van der Waals surface area contributed by atoms with Crippen LogP contribution in [0.15, 0.2) is 12.1 Å². The number of ether oxygens (including phenoxy) is 1. The average Bonchev–Trinajstić information content (AvgIpc) is 3.11. The molecule has 1 aliphatic carbocycles. The molecule has 20 heavy (non-hydrogen) atoms. The Kier molecular flexibility index (Phi) is 4.81. The van der Waals surface area contributed by atoms with Gasteiger partial charge in [-0.25, -0.2) is 0 Å². The molecule has 1 aliphatic rings. The van der Waals surface area contributed by atoms with E-state index >= 15 is 0 Å². The van der Waals surface area contributed by atoms with E-state index in [1.165, 1.54) is 9.75 Å². The van der Waals surface area contributed by atoms with Crippen LogP contribution in [0.5, 0.6) is 0 Å². The highest BCUT2D eigenvalue weighted by Crippen LogP contribution is 2.50. The number of thiophene rings is 1. The molecule has 0 saturated heterocycles. The molecule has 4 nitrogen and oxygen atoms in total. The molecule has 110 valence electrons. The fourth-order valence-corrected chi connectivity index (χ4v) is 3.43. The summed E-state index contributed by atoms with van der Waals surface area (Å²) in [5, 5.41) is 0. The highest BCUT2D eigenvalue weighted by atomic mass is 32.1. The number of hydrogen-bond acceptors (Lipinski definition) is 4. The number of rotatable bonds is 6. The maximum atomic E-state index is 12.4. The van der Waals surface area contributed by atoms with E-state index in [0.29, 0.717) is 19.1 Å². The van der Waals surface area contributed by atoms with Crippen LogP contribution in [-0.4, -0.2) is 36.5 Å². The molecular weight excluding hydrogens is 274 g/mol. The monoisotopic (exact) mass is 295 g/mol. The Bertz CT molecular complexity index is 497. The van der Waals surface area contributed by atoms with Crippen molar-refractivity contribution in [3.63, 3.8) is 0 Å². The van der Waals surface area contributed by atoms with E-state index in [1.54, 1.807) is 23.2 Å². The smallest absolute Gasteiger partial charge is 0.325 e. The van der Waals surface area contributed by atoms with Crippen LogP contribution >= 0.6 is 11.3 Å². The van der Waals surface area contributed by atoms with E-state index in [-0.39, 0.29) is 24.3 Å². The van der Waals surface area contributed by atoms with Crippen molar-refractivity contribution in [1.82, 2.24) is 4.90 Å². The highest BCUT2D eigenvalue weighted by Gasteiger charge is 2.46. The van der Waals surface area contributed by atoms with Gasteiger partial charge in [-0.05, 0) is 39.3 Å². The first kappa shape index (κ1) is 15.0. The van der Waals surface area contributed by atoms with Gasteiger partial charge in [-0.3, -0.25) is 9.59 Å². The van der Waals surface area contributed by atoms with Gasteiger partial charge in [0.15, 0.2) is 0 Å². The number of aryl methyl sites for hydroxylation is 1. The van der Waals surface area contributed by atoms with E-state index in [2.05, 4.69) is 19.1 Å². The van der Waals surface area contributed by atoms with Gasteiger partial charge >= 0.3 is 5.97 Å². The van der Waals surface area contributed by atoms with Crippen LogP contribution in [-0.2, 0) is 14.3 Å². The molecule has 2 atom stereocenters. The summed E-state index contributed by atoms with van der Waals surface area (Å²) < 4.78 is 4.91. The maximum absolute atomic E-state index is 12.4. The molecule has 1 aromatic rings. The van der Waals surface area contributed by atoms with Gasteiger partial charge in [0.25, 0.3) is 0 Å². The number of likely N-dealkylation sites (N-methyl/N-ethyl adjacent to an activating group) is 1. The molecule has 0 spiro atoms. The van der Waals surface area contributed by atoms with Gasteiger partial charge in [0.1, 0.15) is 6.54 Å². The molecule has 0 radical (unpaired) electrons. The first-order valence-corrected chi connectivity index (χ1v) is 7.89. The van der Waals surface area contributed by atoms with Gasteiger partial charge < -0.3 is 9.64 Å².